The number of aromatic amines is 1. The van der Waals surface area contributed by atoms with Crippen molar-refractivity contribution in [3.8, 4) is 0 Å². The van der Waals surface area contributed by atoms with Gasteiger partial charge in [-0.3, -0.25) is 0 Å². The molecule has 0 radical (unpaired) electrons. The molecular weight excluding hydrogens is 162 g/mol. The largest absolute Gasteiger partial charge is 0.464 e. The number of methoxy groups -OCH3 is 1. The summed E-state index contributed by atoms with van der Waals surface area (Å²) in [6, 6.07) is 3.55. The van der Waals surface area contributed by atoms with Crippen molar-refractivity contribution in [2.45, 2.75) is 5.03 Å². The number of esters is 1. The molecule has 0 fully saturated rings. The lowest BCUT2D eigenvalue weighted by atomic mass is 10.4. The van der Waals surface area contributed by atoms with Crippen LogP contribution in [0.15, 0.2) is 17.2 Å². The average Bonchev–Trinajstić information content (AvgIpc) is 2.50. The van der Waals surface area contributed by atoms with E-state index in [9.17, 15) is 4.79 Å². The molecule has 1 N–H and O–H groups in total. The number of H-pyrrole nitrogens is 1. The number of hydrogen-bond donors (Lipinski definition) is 1. The van der Waals surface area contributed by atoms with Crippen LogP contribution in [0.1, 0.15) is 10.5 Å². The molecule has 0 spiro atoms. The predicted octanol–water partition coefficient (Wildman–Crippen LogP) is 1.52. The van der Waals surface area contributed by atoms with E-state index in [0.29, 0.717) is 5.69 Å². The van der Waals surface area contributed by atoms with Gasteiger partial charge in [-0.25, -0.2) is 4.79 Å². The van der Waals surface area contributed by atoms with Gasteiger partial charge in [0.25, 0.3) is 0 Å². The maximum Gasteiger partial charge on any atom is 0.354 e. The van der Waals surface area contributed by atoms with E-state index in [1.807, 2.05) is 12.3 Å². The molecule has 3 nitrogen and oxygen atoms in total. The molecule has 1 heterocycles. The number of aromatic nitrogens is 1. The fourth-order valence-corrected chi connectivity index (χ4v) is 1.14. The highest BCUT2D eigenvalue weighted by atomic mass is 32.2. The lowest BCUT2D eigenvalue weighted by molar-refractivity contribution is 0.0594. The van der Waals surface area contributed by atoms with Gasteiger partial charge in [-0.15, -0.1) is 11.8 Å². The maximum absolute atomic E-state index is 10.9. The van der Waals surface area contributed by atoms with Gasteiger partial charge in [0.2, 0.25) is 0 Å². The maximum atomic E-state index is 10.9. The van der Waals surface area contributed by atoms with Crippen LogP contribution in [-0.2, 0) is 4.74 Å². The van der Waals surface area contributed by atoms with Crippen LogP contribution in [0.4, 0.5) is 0 Å². The molecule has 0 bridgehead atoms. The van der Waals surface area contributed by atoms with Crippen molar-refractivity contribution in [2.24, 2.45) is 0 Å². The van der Waals surface area contributed by atoms with Gasteiger partial charge in [-0.1, -0.05) is 0 Å². The fraction of sp³-hybridized carbons (Fsp3) is 0.286. The predicted molar refractivity (Wildman–Crippen MR) is 43.9 cm³/mol. The Morgan fingerprint density at radius 1 is 1.64 bits per heavy atom. The third kappa shape index (κ3) is 1.77. The number of ether oxygens (including phenoxy) is 1. The van der Waals surface area contributed by atoms with Crippen LogP contribution in [0.5, 0.6) is 0 Å². The molecule has 0 aliphatic rings. The average molecular weight is 171 g/mol. The van der Waals surface area contributed by atoms with E-state index in [1.165, 1.54) is 7.11 Å². The zero-order valence-electron chi connectivity index (χ0n) is 6.38. The summed E-state index contributed by atoms with van der Waals surface area (Å²) in [4.78, 5) is 13.8. The quantitative estimate of drug-likeness (QED) is 0.542. The summed E-state index contributed by atoms with van der Waals surface area (Å²) in [5.74, 6) is -0.328. The van der Waals surface area contributed by atoms with E-state index in [-0.39, 0.29) is 5.97 Å². The van der Waals surface area contributed by atoms with Crippen LogP contribution < -0.4 is 0 Å². The molecule has 0 atom stereocenters. The lowest BCUT2D eigenvalue weighted by Gasteiger charge is -1.93. The molecule has 4 heteroatoms. The van der Waals surface area contributed by atoms with Crippen molar-refractivity contribution in [2.75, 3.05) is 13.4 Å². The molecule has 0 aliphatic carbocycles. The molecule has 60 valence electrons. The van der Waals surface area contributed by atoms with E-state index >= 15 is 0 Å². The molecule has 0 saturated heterocycles. The van der Waals surface area contributed by atoms with E-state index in [4.69, 9.17) is 0 Å². The van der Waals surface area contributed by atoms with Gasteiger partial charge in [0.15, 0.2) is 0 Å². The number of carbonyl (C=O) groups is 1. The fourth-order valence-electron chi connectivity index (χ4n) is 0.723. The first-order valence-corrected chi connectivity index (χ1v) is 4.31. The summed E-state index contributed by atoms with van der Waals surface area (Å²) in [5, 5.41) is 0.963. The molecule has 1 aromatic heterocycles. The van der Waals surface area contributed by atoms with Crippen molar-refractivity contribution < 1.29 is 9.53 Å². The lowest BCUT2D eigenvalue weighted by Crippen LogP contribution is -2.00. The van der Waals surface area contributed by atoms with Gasteiger partial charge in [-0.05, 0) is 18.4 Å². The van der Waals surface area contributed by atoms with Crippen LogP contribution in [-0.4, -0.2) is 24.3 Å². The van der Waals surface area contributed by atoms with Gasteiger partial charge < -0.3 is 9.72 Å². The summed E-state index contributed by atoms with van der Waals surface area (Å²) in [5.41, 5.74) is 0.497. The zero-order chi connectivity index (χ0) is 8.27. The van der Waals surface area contributed by atoms with Crippen LogP contribution in [0.2, 0.25) is 0 Å². The molecule has 1 aromatic rings. The van der Waals surface area contributed by atoms with Gasteiger partial charge >= 0.3 is 5.97 Å². The van der Waals surface area contributed by atoms with Crippen molar-refractivity contribution in [1.29, 1.82) is 0 Å². The minimum Gasteiger partial charge on any atom is -0.464 e. The molecule has 0 unspecified atom stereocenters. The van der Waals surface area contributed by atoms with Crippen molar-refractivity contribution in [3.63, 3.8) is 0 Å². The van der Waals surface area contributed by atoms with E-state index in [2.05, 4.69) is 9.72 Å². The van der Waals surface area contributed by atoms with Gasteiger partial charge in [0.05, 0.1) is 12.1 Å². The van der Waals surface area contributed by atoms with Crippen LogP contribution in [0, 0.1) is 0 Å². The first kappa shape index (κ1) is 8.20. The Labute approximate surface area is 69.1 Å². The molecule has 11 heavy (non-hydrogen) atoms. The molecular formula is C7H9NO2S. The minimum atomic E-state index is -0.328. The van der Waals surface area contributed by atoms with Crippen LogP contribution >= 0.6 is 11.8 Å². The Morgan fingerprint density at radius 2 is 2.36 bits per heavy atom. The molecule has 0 aromatic carbocycles. The van der Waals surface area contributed by atoms with Crippen LogP contribution in [0.25, 0.3) is 0 Å². The Morgan fingerprint density at radius 3 is 2.82 bits per heavy atom. The second kappa shape index (κ2) is 3.48. The third-order valence-electron chi connectivity index (χ3n) is 1.28. The van der Waals surface area contributed by atoms with Crippen molar-refractivity contribution >= 4 is 17.7 Å². The Balaban J connectivity index is 2.80. The number of thioether (sulfide) groups is 1. The Bertz CT molecular complexity index is 257. The van der Waals surface area contributed by atoms with E-state index < -0.39 is 0 Å². The van der Waals surface area contributed by atoms with Gasteiger partial charge in [-0.2, -0.15) is 0 Å². The first-order chi connectivity index (χ1) is 5.27. The third-order valence-corrected chi connectivity index (χ3v) is 1.96. The SMILES string of the molecule is COC(=O)c1ccc(SC)[nH]1. The Kier molecular flexibility index (Phi) is 2.59. The monoisotopic (exact) mass is 171 g/mol. The second-order valence-corrected chi connectivity index (χ2v) is 2.78. The number of nitrogens with one attached hydrogen (secondary N) is 1. The Hall–Kier alpha value is -0.900. The van der Waals surface area contributed by atoms with Crippen LogP contribution in [0.3, 0.4) is 0 Å². The summed E-state index contributed by atoms with van der Waals surface area (Å²) in [6.45, 7) is 0. The normalized spacial score (nSPS) is 9.64. The van der Waals surface area contributed by atoms with E-state index in [0.717, 1.165) is 5.03 Å². The minimum absolute atomic E-state index is 0.328. The standard InChI is InChI=1S/C7H9NO2S/c1-10-7(9)5-3-4-6(8-5)11-2/h3-4,8H,1-2H3. The molecule has 0 amide bonds. The summed E-state index contributed by atoms with van der Waals surface area (Å²) in [6.07, 6.45) is 1.94. The molecule has 0 saturated carbocycles. The van der Waals surface area contributed by atoms with Crippen molar-refractivity contribution in [1.82, 2.24) is 4.98 Å². The highest BCUT2D eigenvalue weighted by molar-refractivity contribution is 7.98. The smallest absolute Gasteiger partial charge is 0.354 e. The zero-order valence-corrected chi connectivity index (χ0v) is 7.20. The first-order valence-electron chi connectivity index (χ1n) is 3.09. The van der Waals surface area contributed by atoms with Gasteiger partial charge in [0.1, 0.15) is 5.69 Å². The van der Waals surface area contributed by atoms with Crippen molar-refractivity contribution in [3.05, 3.63) is 17.8 Å². The number of rotatable bonds is 2. The summed E-state index contributed by atoms with van der Waals surface area (Å²) in [7, 11) is 1.36. The van der Waals surface area contributed by atoms with Gasteiger partial charge in [0, 0.05) is 0 Å². The summed E-state index contributed by atoms with van der Waals surface area (Å²) >= 11 is 1.55. The highest BCUT2D eigenvalue weighted by Crippen LogP contribution is 2.13. The molecule has 1 rings (SSSR count). The summed E-state index contributed by atoms with van der Waals surface area (Å²) < 4.78 is 4.51. The topological polar surface area (TPSA) is 42.1 Å². The number of carbonyl (C=O) groups excluding carboxylic acids is 1. The number of hydrogen-bond acceptors (Lipinski definition) is 3. The molecule has 0 aliphatic heterocycles. The second-order valence-electron chi connectivity index (χ2n) is 1.93. The van der Waals surface area contributed by atoms with E-state index in [1.54, 1.807) is 17.8 Å². The highest BCUT2D eigenvalue weighted by Gasteiger charge is 2.06.